The molecule has 1 fully saturated rings. The van der Waals surface area contributed by atoms with E-state index in [-0.39, 0.29) is 23.0 Å². The van der Waals surface area contributed by atoms with Crippen LogP contribution in [0.15, 0.2) is 18.2 Å². The molecule has 1 aromatic carbocycles. The lowest BCUT2D eigenvalue weighted by molar-refractivity contribution is 0.0946. The molecule has 0 aliphatic carbocycles. The monoisotopic (exact) mass is 250 g/mol. The van der Waals surface area contributed by atoms with Gasteiger partial charge in [0.15, 0.2) is 11.5 Å². The Balaban J connectivity index is 1.85. The minimum absolute atomic E-state index is 0.108. The van der Waals surface area contributed by atoms with Crippen LogP contribution in [0.3, 0.4) is 0 Å². The van der Waals surface area contributed by atoms with Crippen LogP contribution in [0.4, 0.5) is 0 Å². The quantitative estimate of drug-likeness (QED) is 0.695. The minimum atomic E-state index is -0.365. The van der Waals surface area contributed by atoms with Gasteiger partial charge in [0, 0.05) is 13.1 Å². The Morgan fingerprint density at radius 2 is 2.00 bits per heavy atom. The molecule has 1 amide bonds. The highest BCUT2D eigenvalue weighted by Crippen LogP contribution is 2.27. The summed E-state index contributed by atoms with van der Waals surface area (Å²) in [7, 11) is 0. The first-order valence-corrected chi connectivity index (χ1v) is 6.20. The Labute approximate surface area is 106 Å². The molecule has 2 rings (SSSR count). The number of carbonyl (C=O) groups excluding carboxylic acids is 1. The van der Waals surface area contributed by atoms with E-state index in [1.807, 2.05) is 0 Å². The van der Waals surface area contributed by atoms with Crippen LogP contribution in [-0.2, 0) is 0 Å². The smallest absolute Gasteiger partial charge is 0.255 e. The molecule has 98 valence electrons. The van der Waals surface area contributed by atoms with Crippen LogP contribution < -0.4 is 5.32 Å². The average Bonchev–Trinajstić information content (AvgIpc) is 2.85. The molecule has 1 aromatic rings. The average molecular weight is 250 g/mol. The van der Waals surface area contributed by atoms with E-state index in [4.69, 9.17) is 0 Å². The number of nitrogens with zero attached hydrogens (tertiary/aromatic N) is 1. The molecule has 1 heterocycles. The summed E-state index contributed by atoms with van der Waals surface area (Å²) in [6, 6.07) is 4.36. The second-order valence-electron chi connectivity index (χ2n) is 4.48. The summed E-state index contributed by atoms with van der Waals surface area (Å²) in [5, 5.41) is 21.6. The maximum absolute atomic E-state index is 11.8. The van der Waals surface area contributed by atoms with Crippen molar-refractivity contribution >= 4 is 5.91 Å². The molecule has 0 atom stereocenters. The lowest BCUT2D eigenvalue weighted by Crippen LogP contribution is -2.33. The second-order valence-corrected chi connectivity index (χ2v) is 4.48. The lowest BCUT2D eigenvalue weighted by atomic mass is 10.1. The molecule has 0 spiro atoms. The van der Waals surface area contributed by atoms with Gasteiger partial charge in [0.1, 0.15) is 0 Å². The number of hydrogen-bond acceptors (Lipinski definition) is 4. The van der Waals surface area contributed by atoms with Crippen molar-refractivity contribution in [2.45, 2.75) is 12.8 Å². The van der Waals surface area contributed by atoms with Gasteiger partial charge in [0.25, 0.3) is 5.91 Å². The van der Waals surface area contributed by atoms with Crippen molar-refractivity contribution in [3.63, 3.8) is 0 Å². The maximum Gasteiger partial charge on any atom is 0.255 e. The number of amides is 1. The molecular weight excluding hydrogens is 232 g/mol. The zero-order valence-corrected chi connectivity index (χ0v) is 10.2. The number of phenolic OH excluding ortho intramolecular Hbond substituents is 2. The summed E-state index contributed by atoms with van der Waals surface area (Å²) in [5.74, 6) is -0.999. The highest BCUT2D eigenvalue weighted by molar-refractivity contribution is 5.97. The molecule has 0 bridgehead atoms. The van der Waals surface area contributed by atoms with Gasteiger partial charge in [0.2, 0.25) is 0 Å². The third-order valence-electron chi connectivity index (χ3n) is 3.17. The molecule has 18 heavy (non-hydrogen) atoms. The maximum atomic E-state index is 11.8. The second kappa shape index (κ2) is 5.73. The van der Waals surface area contributed by atoms with Gasteiger partial charge in [-0.1, -0.05) is 6.07 Å². The van der Waals surface area contributed by atoms with Crippen molar-refractivity contribution in [1.29, 1.82) is 0 Å². The van der Waals surface area contributed by atoms with Gasteiger partial charge in [-0.2, -0.15) is 0 Å². The Hall–Kier alpha value is -1.75. The fraction of sp³-hybridized carbons (Fsp3) is 0.462. The van der Waals surface area contributed by atoms with Crippen LogP contribution in [0.5, 0.6) is 11.5 Å². The van der Waals surface area contributed by atoms with E-state index in [1.54, 1.807) is 0 Å². The number of aromatic hydroxyl groups is 2. The lowest BCUT2D eigenvalue weighted by Gasteiger charge is -2.15. The Morgan fingerprint density at radius 1 is 1.28 bits per heavy atom. The van der Waals surface area contributed by atoms with Gasteiger partial charge in [0.05, 0.1) is 5.56 Å². The van der Waals surface area contributed by atoms with Crippen LogP contribution in [0.25, 0.3) is 0 Å². The molecule has 0 unspecified atom stereocenters. The molecule has 5 nitrogen and oxygen atoms in total. The number of phenols is 2. The highest BCUT2D eigenvalue weighted by Gasteiger charge is 2.15. The molecule has 1 aliphatic heterocycles. The number of nitrogens with one attached hydrogen (secondary N) is 1. The van der Waals surface area contributed by atoms with Crippen LogP contribution in [0, 0.1) is 0 Å². The fourth-order valence-corrected chi connectivity index (χ4v) is 2.14. The summed E-state index contributed by atoms with van der Waals surface area (Å²) < 4.78 is 0. The summed E-state index contributed by atoms with van der Waals surface area (Å²) in [5.41, 5.74) is 0.108. The van der Waals surface area contributed by atoms with Crippen molar-refractivity contribution in [1.82, 2.24) is 10.2 Å². The number of para-hydroxylation sites is 1. The predicted octanol–water partition coefficient (Wildman–Crippen LogP) is 0.923. The molecule has 1 saturated heterocycles. The van der Waals surface area contributed by atoms with E-state index in [1.165, 1.54) is 31.0 Å². The zero-order valence-electron chi connectivity index (χ0n) is 10.2. The predicted molar refractivity (Wildman–Crippen MR) is 67.8 cm³/mol. The third kappa shape index (κ3) is 2.92. The number of rotatable bonds is 4. The Bertz CT molecular complexity index is 428. The van der Waals surface area contributed by atoms with Crippen molar-refractivity contribution in [3.05, 3.63) is 23.8 Å². The normalized spacial score (nSPS) is 15.8. The molecule has 5 heteroatoms. The van der Waals surface area contributed by atoms with Gasteiger partial charge in [-0.05, 0) is 38.1 Å². The van der Waals surface area contributed by atoms with Crippen molar-refractivity contribution in [3.8, 4) is 11.5 Å². The Kier molecular flexibility index (Phi) is 4.04. The molecule has 0 aromatic heterocycles. The summed E-state index contributed by atoms with van der Waals surface area (Å²) >= 11 is 0. The number of likely N-dealkylation sites (tertiary alicyclic amines) is 1. The third-order valence-corrected chi connectivity index (χ3v) is 3.17. The largest absolute Gasteiger partial charge is 0.504 e. The van der Waals surface area contributed by atoms with Gasteiger partial charge < -0.3 is 20.4 Å². The van der Waals surface area contributed by atoms with E-state index in [0.717, 1.165) is 19.6 Å². The molecule has 1 aliphatic rings. The number of benzene rings is 1. The standard InChI is InChI=1S/C13H18N2O3/c16-11-5-3-4-10(12(11)17)13(18)14-6-9-15-7-1-2-8-15/h3-5,16-17H,1-2,6-9H2,(H,14,18). The van der Waals surface area contributed by atoms with Crippen molar-refractivity contribution < 1.29 is 15.0 Å². The van der Waals surface area contributed by atoms with Gasteiger partial charge in [-0.15, -0.1) is 0 Å². The van der Waals surface area contributed by atoms with E-state index in [0.29, 0.717) is 6.54 Å². The van der Waals surface area contributed by atoms with E-state index >= 15 is 0 Å². The van der Waals surface area contributed by atoms with Crippen LogP contribution in [-0.4, -0.2) is 47.2 Å². The first-order valence-electron chi connectivity index (χ1n) is 6.20. The topological polar surface area (TPSA) is 72.8 Å². The van der Waals surface area contributed by atoms with E-state index in [2.05, 4.69) is 10.2 Å². The van der Waals surface area contributed by atoms with Crippen molar-refractivity contribution in [2.24, 2.45) is 0 Å². The zero-order chi connectivity index (χ0) is 13.0. The first-order chi connectivity index (χ1) is 8.68. The summed E-state index contributed by atoms with van der Waals surface area (Å²) in [4.78, 5) is 14.1. The van der Waals surface area contributed by atoms with Crippen LogP contribution in [0.2, 0.25) is 0 Å². The molecule has 3 N–H and O–H groups in total. The molecular formula is C13H18N2O3. The highest BCUT2D eigenvalue weighted by atomic mass is 16.3. The van der Waals surface area contributed by atoms with Gasteiger partial charge in [-0.25, -0.2) is 0 Å². The molecule has 0 saturated carbocycles. The molecule has 0 radical (unpaired) electrons. The minimum Gasteiger partial charge on any atom is -0.504 e. The number of hydrogen-bond donors (Lipinski definition) is 3. The van der Waals surface area contributed by atoms with Crippen LogP contribution in [0.1, 0.15) is 23.2 Å². The van der Waals surface area contributed by atoms with Crippen molar-refractivity contribution in [2.75, 3.05) is 26.2 Å². The summed E-state index contributed by atoms with van der Waals surface area (Å²) in [6.07, 6.45) is 2.45. The number of carbonyl (C=O) groups is 1. The van der Waals surface area contributed by atoms with E-state index < -0.39 is 0 Å². The Morgan fingerprint density at radius 3 is 2.72 bits per heavy atom. The van der Waals surface area contributed by atoms with Gasteiger partial charge >= 0.3 is 0 Å². The summed E-state index contributed by atoms with van der Waals surface area (Å²) in [6.45, 7) is 3.56. The SMILES string of the molecule is O=C(NCCN1CCCC1)c1cccc(O)c1O. The van der Waals surface area contributed by atoms with Gasteiger partial charge in [-0.3, -0.25) is 4.79 Å². The van der Waals surface area contributed by atoms with E-state index in [9.17, 15) is 15.0 Å². The van der Waals surface area contributed by atoms with Crippen LogP contribution >= 0.6 is 0 Å². The first kappa shape index (κ1) is 12.7. The fourth-order valence-electron chi connectivity index (χ4n) is 2.14.